The van der Waals surface area contributed by atoms with Gasteiger partial charge in [0.2, 0.25) is 0 Å². The third-order valence-electron chi connectivity index (χ3n) is 4.07. The first-order chi connectivity index (χ1) is 13.3. The second kappa shape index (κ2) is 6.41. The van der Waals surface area contributed by atoms with Crippen molar-refractivity contribution in [2.45, 2.75) is 6.18 Å². The minimum Gasteiger partial charge on any atom is -0.383 e. The predicted octanol–water partition coefficient (Wildman–Crippen LogP) is 3.90. The molecule has 28 heavy (non-hydrogen) atoms. The number of halogens is 3. The van der Waals surface area contributed by atoms with Crippen molar-refractivity contribution in [1.29, 1.82) is 0 Å². The Morgan fingerprint density at radius 1 is 1.07 bits per heavy atom. The van der Waals surface area contributed by atoms with Gasteiger partial charge in [-0.15, -0.1) is 0 Å². The number of benzene rings is 2. The van der Waals surface area contributed by atoms with Crippen molar-refractivity contribution < 1.29 is 18.0 Å². The highest BCUT2D eigenvalue weighted by molar-refractivity contribution is 5.92. The molecule has 0 aliphatic rings. The number of aromatic nitrogens is 4. The van der Waals surface area contributed by atoms with Crippen molar-refractivity contribution in [3.05, 3.63) is 66.6 Å². The fraction of sp³-hybridized carbons (Fsp3) is 0.0556. The van der Waals surface area contributed by atoms with E-state index in [4.69, 9.17) is 5.73 Å². The van der Waals surface area contributed by atoms with Crippen LogP contribution in [0.4, 0.5) is 29.5 Å². The minimum atomic E-state index is -4.69. The van der Waals surface area contributed by atoms with E-state index in [-0.39, 0.29) is 0 Å². The molecular weight excluding hydrogens is 373 g/mol. The molecule has 2 heterocycles. The van der Waals surface area contributed by atoms with Gasteiger partial charge in [-0.25, -0.2) is 9.78 Å². The molecule has 0 unspecified atom stereocenters. The Hall–Kier alpha value is -3.82. The summed E-state index contributed by atoms with van der Waals surface area (Å²) in [7, 11) is 0. The highest BCUT2D eigenvalue weighted by atomic mass is 19.4. The van der Waals surface area contributed by atoms with Crippen molar-refractivity contribution in [2.24, 2.45) is 0 Å². The van der Waals surface area contributed by atoms with E-state index in [0.717, 1.165) is 16.7 Å². The summed E-state index contributed by atoms with van der Waals surface area (Å²) >= 11 is 0. The highest BCUT2D eigenvalue weighted by Crippen LogP contribution is 2.29. The number of para-hydroxylation sites is 2. The summed E-state index contributed by atoms with van der Waals surface area (Å²) in [5.41, 5.74) is 7.18. The maximum absolute atomic E-state index is 12.7. The van der Waals surface area contributed by atoms with Crippen LogP contribution in [0.15, 0.2) is 60.9 Å². The molecule has 2 aromatic heterocycles. The molecule has 142 valence electrons. The Labute approximate surface area is 156 Å². The van der Waals surface area contributed by atoms with E-state index in [9.17, 15) is 18.0 Å². The van der Waals surface area contributed by atoms with Crippen molar-refractivity contribution in [3.8, 4) is 5.69 Å². The average Bonchev–Trinajstić information content (AvgIpc) is 3.26. The van der Waals surface area contributed by atoms with Crippen LogP contribution in [0.2, 0.25) is 0 Å². The summed E-state index contributed by atoms with van der Waals surface area (Å²) in [6.07, 6.45) is -3.00. The molecule has 0 bridgehead atoms. The van der Waals surface area contributed by atoms with E-state index in [1.807, 2.05) is 28.8 Å². The molecular formula is C18H13F3N6O. The fourth-order valence-corrected chi connectivity index (χ4v) is 2.74. The van der Waals surface area contributed by atoms with Gasteiger partial charge in [-0.2, -0.15) is 23.0 Å². The number of nitrogens with one attached hydrogen (secondary N) is 1. The molecule has 4 aromatic rings. The molecule has 1 amide bonds. The summed E-state index contributed by atoms with van der Waals surface area (Å²) in [4.78, 5) is 16.5. The second-order valence-electron chi connectivity index (χ2n) is 5.94. The third kappa shape index (κ3) is 3.15. The van der Waals surface area contributed by atoms with Crippen molar-refractivity contribution in [2.75, 3.05) is 11.1 Å². The minimum absolute atomic E-state index is 0.377. The lowest BCUT2D eigenvalue weighted by Gasteiger charge is -2.08. The number of alkyl halides is 3. The number of anilines is 2. The number of nitrogen functional groups attached to an aromatic ring is 1. The zero-order chi connectivity index (χ0) is 19.9. The maximum Gasteiger partial charge on any atom is 0.435 e. The fourth-order valence-electron chi connectivity index (χ4n) is 2.74. The lowest BCUT2D eigenvalue weighted by Crippen LogP contribution is -2.23. The van der Waals surface area contributed by atoms with Gasteiger partial charge in [-0.1, -0.05) is 12.1 Å². The van der Waals surface area contributed by atoms with E-state index in [2.05, 4.69) is 15.4 Å². The highest BCUT2D eigenvalue weighted by Gasteiger charge is 2.35. The molecule has 2 aromatic carbocycles. The molecule has 0 aliphatic heterocycles. The molecule has 4 rings (SSSR count). The van der Waals surface area contributed by atoms with Crippen LogP contribution in [-0.2, 0) is 6.18 Å². The topological polar surface area (TPSA) is 90.8 Å². The van der Waals surface area contributed by atoms with Gasteiger partial charge in [0.05, 0.1) is 11.0 Å². The Kier molecular flexibility index (Phi) is 4.03. The van der Waals surface area contributed by atoms with Crippen LogP contribution in [-0.4, -0.2) is 25.4 Å². The van der Waals surface area contributed by atoms with Gasteiger partial charge in [0.1, 0.15) is 12.1 Å². The van der Waals surface area contributed by atoms with E-state index in [1.165, 1.54) is 0 Å². The summed E-state index contributed by atoms with van der Waals surface area (Å²) in [6, 6.07) is 14.1. The van der Waals surface area contributed by atoms with Crippen LogP contribution in [0.25, 0.3) is 16.7 Å². The van der Waals surface area contributed by atoms with Crippen LogP contribution in [0.3, 0.4) is 0 Å². The van der Waals surface area contributed by atoms with Gasteiger partial charge < -0.3 is 11.1 Å². The third-order valence-corrected chi connectivity index (χ3v) is 4.07. The van der Waals surface area contributed by atoms with Crippen molar-refractivity contribution >= 4 is 28.6 Å². The summed E-state index contributed by atoms with van der Waals surface area (Å²) in [5, 5.41) is 5.67. The van der Waals surface area contributed by atoms with E-state index in [1.54, 1.807) is 30.6 Å². The molecule has 0 spiro atoms. The van der Waals surface area contributed by atoms with Gasteiger partial charge in [0.25, 0.3) is 0 Å². The largest absolute Gasteiger partial charge is 0.435 e. The Morgan fingerprint density at radius 3 is 2.46 bits per heavy atom. The van der Waals surface area contributed by atoms with Crippen LogP contribution in [0, 0.1) is 0 Å². The van der Waals surface area contributed by atoms with Crippen molar-refractivity contribution in [1.82, 2.24) is 19.3 Å². The second-order valence-corrected chi connectivity index (χ2v) is 5.94. The lowest BCUT2D eigenvalue weighted by atomic mass is 10.2. The first-order valence-electron chi connectivity index (χ1n) is 8.09. The van der Waals surface area contributed by atoms with Crippen LogP contribution in [0.1, 0.15) is 5.69 Å². The number of imidazole rings is 1. The summed E-state index contributed by atoms with van der Waals surface area (Å²) in [5.74, 6) is -0.411. The smallest absolute Gasteiger partial charge is 0.383 e. The van der Waals surface area contributed by atoms with E-state index < -0.39 is 23.7 Å². The maximum atomic E-state index is 12.7. The Bertz CT molecular complexity index is 1160. The lowest BCUT2D eigenvalue weighted by molar-refractivity contribution is -0.141. The van der Waals surface area contributed by atoms with Gasteiger partial charge in [0, 0.05) is 17.4 Å². The first-order valence-corrected chi connectivity index (χ1v) is 8.09. The number of carbonyl (C=O) groups is 1. The molecule has 0 saturated heterocycles. The zero-order valence-corrected chi connectivity index (χ0v) is 14.2. The van der Waals surface area contributed by atoms with E-state index in [0.29, 0.717) is 16.4 Å². The molecule has 0 radical (unpaired) electrons. The number of rotatable bonds is 2. The number of hydrogen-bond donors (Lipinski definition) is 2. The molecule has 0 aliphatic carbocycles. The average molecular weight is 386 g/mol. The number of amides is 1. The number of fused-ring (bicyclic) bond motifs is 1. The monoisotopic (exact) mass is 386 g/mol. The molecule has 7 nitrogen and oxygen atoms in total. The van der Waals surface area contributed by atoms with Gasteiger partial charge >= 0.3 is 12.2 Å². The van der Waals surface area contributed by atoms with Gasteiger partial charge in [-0.05, 0) is 36.4 Å². The Morgan fingerprint density at radius 2 is 1.79 bits per heavy atom. The van der Waals surface area contributed by atoms with Crippen LogP contribution < -0.4 is 11.1 Å². The van der Waals surface area contributed by atoms with Crippen LogP contribution >= 0.6 is 0 Å². The number of nitrogens with zero attached hydrogens (tertiary/aromatic N) is 4. The standard InChI is InChI=1S/C18H13F3N6O/c19-18(20,21)15-9-16(22)27(25-15)17(28)24-11-5-7-12(8-6-11)26-10-23-13-3-1-2-4-14(13)26/h1-10H,22H2,(H,24,28). The van der Waals surface area contributed by atoms with Crippen molar-refractivity contribution in [3.63, 3.8) is 0 Å². The Balaban J connectivity index is 1.55. The molecule has 0 fully saturated rings. The van der Waals surface area contributed by atoms with Gasteiger partial charge in [0.15, 0.2) is 5.69 Å². The predicted molar refractivity (Wildman–Crippen MR) is 97.1 cm³/mol. The quantitative estimate of drug-likeness (QED) is 0.547. The number of nitrogens with two attached hydrogens (primary N) is 1. The zero-order valence-electron chi connectivity index (χ0n) is 14.2. The molecule has 10 heteroatoms. The number of carbonyl (C=O) groups excluding carboxylic acids is 1. The van der Waals surface area contributed by atoms with Crippen LogP contribution in [0.5, 0.6) is 0 Å². The normalized spacial score (nSPS) is 11.7. The molecule has 0 atom stereocenters. The number of hydrogen-bond acceptors (Lipinski definition) is 4. The summed E-state index contributed by atoms with van der Waals surface area (Å²) in [6.45, 7) is 0. The molecule has 0 saturated carbocycles. The first kappa shape index (κ1) is 17.6. The molecule has 3 N–H and O–H groups in total. The van der Waals surface area contributed by atoms with E-state index >= 15 is 0 Å². The SMILES string of the molecule is Nc1cc(C(F)(F)F)nn1C(=O)Nc1ccc(-n2cnc3ccccc32)cc1. The van der Waals surface area contributed by atoms with Gasteiger partial charge in [-0.3, -0.25) is 4.57 Å². The summed E-state index contributed by atoms with van der Waals surface area (Å²) < 4.78 is 40.4.